The van der Waals surface area contributed by atoms with Gasteiger partial charge in [-0.2, -0.15) is 0 Å². The SMILES string of the molecule is O=C1CNC(=O)C2(CCN(CCCCc3ccccc3)CC2)N1C1CCN(Cc2ccccc2)C1. The third-order valence-corrected chi connectivity index (χ3v) is 8.13. The minimum Gasteiger partial charge on any atom is -0.345 e. The smallest absolute Gasteiger partial charge is 0.246 e. The molecular weight excluding hydrogens is 436 g/mol. The summed E-state index contributed by atoms with van der Waals surface area (Å²) in [5.41, 5.74) is 2.02. The van der Waals surface area contributed by atoms with Crippen LogP contribution in [0.4, 0.5) is 0 Å². The molecule has 6 nitrogen and oxygen atoms in total. The summed E-state index contributed by atoms with van der Waals surface area (Å²) < 4.78 is 0. The third kappa shape index (κ3) is 5.44. The molecule has 1 N–H and O–H groups in total. The zero-order valence-corrected chi connectivity index (χ0v) is 20.7. The maximum Gasteiger partial charge on any atom is 0.246 e. The lowest BCUT2D eigenvalue weighted by Crippen LogP contribution is -2.72. The van der Waals surface area contributed by atoms with Crippen LogP contribution in [0.3, 0.4) is 0 Å². The molecule has 6 heteroatoms. The maximum absolute atomic E-state index is 13.2. The van der Waals surface area contributed by atoms with Crippen LogP contribution in [-0.4, -0.2) is 77.4 Å². The first-order valence-electron chi connectivity index (χ1n) is 13.3. The number of nitrogens with one attached hydrogen (secondary N) is 1. The molecule has 3 aliphatic heterocycles. The highest BCUT2D eigenvalue weighted by Crippen LogP contribution is 2.36. The average molecular weight is 475 g/mol. The summed E-state index contributed by atoms with van der Waals surface area (Å²) in [5.74, 6) is 0.148. The summed E-state index contributed by atoms with van der Waals surface area (Å²) in [4.78, 5) is 33.3. The molecule has 1 spiro atoms. The lowest BCUT2D eigenvalue weighted by molar-refractivity contribution is -0.160. The molecule has 3 fully saturated rings. The van der Waals surface area contributed by atoms with Crippen LogP contribution in [0.2, 0.25) is 0 Å². The normalized spacial score (nSPS) is 23.1. The minimum atomic E-state index is -0.677. The first-order valence-corrected chi connectivity index (χ1v) is 13.3. The molecule has 2 aromatic rings. The van der Waals surface area contributed by atoms with Gasteiger partial charge in [0.15, 0.2) is 0 Å². The number of piperazine rings is 1. The monoisotopic (exact) mass is 474 g/mol. The minimum absolute atomic E-state index is 0.0577. The fourth-order valence-electron chi connectivity index (χ4n) is 6.24. The van der Waals surface area contributed by atoms with E-state index in [0.29, 0.717) is 0 Å². The largest absolute Gasteiger partial charge is 0.345 e. The second-order valence-corrected chi connectivity index (χ2v) is 10.4. The second kappa shape index (κ2) is 10.9. The Labute approximate surface area is 209 Å². The summed E-state index contributed by atoms with van der Waals surface area (Å²) in [5, 5.41) is 2.92. The van der Waals surface area contributed by atoms with Crippen LogP contribution in [0, 0.1) is 0 Å². The molecule has 0 aliphatic carbocycles. The Bertz CT molecular complexity index is 988. The molecule has 2 amide bonds. The number of likely N-dealkylation sites (tertiary alicyclic amines) is 2. The highest BCUT2D eigenvalue weighted by molar-refractivity contribution is 5.98. The fourth-order valence-corrected chi connectivity index (χ4v) is 6.24. The van der Waals surface area contributed by atoms with Gasteiger partial charge in [0, 0.05) is 38.8 Å². The molecule has 35 heavy (non-hydrogen) atoms. The third-order valence-electron chi connectivity index (χ3n) is 8.13. The summed E-state index contributed by atoms with van der Waals surface area (Å²) in [6.45, 7) is 5.67. The van der Waals surface area contributed by atoms with E-state index in [-0.39, 0.29) is 24.4 Å². The average Bonchev–Trinajstić information content (AvgIpc) is 3.34. The number of aryl methyl sites for hydroxylation is 1. The number of amides is 2. The van der Waals surface area contributed by atoms with E-state index in [0.717, 1.165) is 71.4 Å². The Balaban J connectivity index is 1.17. The van der Waals surface area contributed by atoms with Gasteiger partial charge in [-0.05, 0) is 56.2 Å². The van der Waals surface area contributed by atoms with Crippen molar-refractivity contribution >= 4 is 11.8 Å². The van der Waals surface area contributed by atoms with Gasteiger partial charge in [-0.3, -0.25) is 14.5 Å². The predicted molar refractivity (Wildman–Crippen MR) is 138 cm³/mol. The van der Waals surface area contributed by atoms with Gasteiger partial charge in [-0.25, -0.2) is 0 Å². The van der Waals surface area contributed by atoms with Crippen molar-refractivity contribution in [2.24, 2.45) is 0 Å². The molecule has 3 saturated heterocycles. The number of nitrogens with zero attached hydrogens (tertiary/aromatic N) is 3. The van der Waals surface area contributed by atoms with Gasteiger partial charge in [0.25, 0.3) is 0 Å². The lowest BCUT2D eigenvalue weighted by Gasteiger charge is -2.52. The Kier molecular flexibility index (Phi) is 7.49. The van der Waals surface area contributed by atoms with Crippen LogP contribution in [0.25, 0.3) is 0 Å². The van der Waals surface area contributed by atoms with Gasteiger partial charge in [0.2, 0.25) is 11.8 Å². The molecule has 3 heterocycles. The maximum atomic E-state index is 13.2. The molecule has 3 aliphatic rings. The zero-order valence-electron chi connectivity index (χ0n) is 20.7. The summed E-state index contributed by atoms with van der Waals surface area (Å²) in [7, 11) is 0. The Morgan fingerprint density at radius 3 is 2.23 bits per heavy atom. The predicted octanol–water partition coefficient (Wildman–Crippen LogP) is 3.08. The van der Waals surface area contributed by atoms with Crippen LogP contribution < -0.4 is 5.32 Å². The fraction of sp³-hybridized carbons (Fsp3) is 0.517. The number of hydrogen-bond acceptors (Lipinski definition) is 4. The topological polar surface area (TPSA) is 55.9 Å². The van der Waals surface area contributed by atoms with Crippen LogP contribution in [0.5, 0.6) is 0 Å². The van der Waals surface area contributed by atoms with E-state index in [2.05, 4.69) is 69.7 Å². The standard InChI is InChI=1S/C29H38N4O2/c34-27-21-30-28(35)29(33(27)26-14-18-32(23-26)22-25-12-5-2-6-13-25)15-19-31(20-16-29)17-8-7-11-24-9-3-1-4-10-24/h1-6,9-10,12-13,26H,7-8,11,14-23H2,(H,30,35). The Morgan fingerprint density at radius 2 is 1.51 bits per heavy atom. The quantitative estimate of drug-likeness (QED) is 0.598. The van der Waals surface area contributed by atoms with Gasteiger partial charge in [-0.1, -0.05) is 60.7 Å². The van der Waals surface area contributed by atoms with Crippen molar-refractivity contribution in [1.82, 2.24) is 20.0 Å². The van der Waals surface area contributed by atoms with E-state index >= 15 is 0 Å². The van der Waals surface area contributed by atoms with E-state index in [1.54, 1.807) is 0 Å². The number of benzene rings is 2. The number of carbonyl (C=O) groups excluding carboxylic acids is 2. The van der Waals surface area contributed by atoms with Crippen molar-refractivity contribution in [3.05, 3.63) is 71.8 Å². The van der Waals surface area contributed by atoms with Gasteiger partial charge in [0.1, 0.15) is 5.54 Å². The summed E-state index contributed by atoms with van der Waals surface area (Å²) in [6.07, 6.45) is 5.86. The van der Waals surface area contributed by atoms with E-state index in [4.69, 9.17) is 0 Å². The van der Waals surface area contributed by atoms with Crippen molar-refractivity contribution in [3.8, 4) is 0 Å². The molecule has 2 aromatic carbocycles. The van der Waals surface area contributed by atoms with Gasteiger partial charge in [0.05, 0.1) is 6.54 Å². The molecule has 0 radical (unpaired) electrons. The molecule has 0 aromatic heterocycles. The highest BCUT2D eigenvalue weighted by atomic mass is 16.2. The summed E-state index contributed by atoms with van der Waals surface area (Å²) in [6, 6.07) is 21.3. The van der Waals surface area contributed by atoms with Crippen LogP contribution in [-0.2, 0) is 22.6 Å². The first-order chi connectivity index (χ1) is 17.1. The van der Waals surface area contributed by atoms with Crippen LogP contribution >= 0.6 is 0 Å². The highest BCUT2D eigenvalue weighted by Gasteiger charge is 2.53. The Morgan fingerprint density at radius 1 is 0.829 bits per heavy atom. The molecular formula is C29H38N4O2. The van der Waals surface area contributed by atoms with Gasteiger partial charge >= 0.3 is 0 Å². The number of unbranched alkanes of at least 4 members (excludes halogenated alkanes) is 1. The Hall–Kier alpha value is -2.70. The van der Waals surface area contributed by atoms with E-state index in [1.165, 1.54) is 17.5 Å². The number of rotatable bonds is 8. The first kappa shape index (κ1) is 24.0. The zero-order chi connectivity index (χ0) is 24.1. The number of piperidine rings is 1. The van der Waals surface area contributed by atoms with Gasteiger partial charge in [-0.15, -0.1) is 0 Å². The molecule has 0 saturated carbocycles. The van der Waals surface area contributed by atoms with E-state index in [1.807, 2.05) is 11.0 Å². The van der Waals surface area contributed by atoms with Crippen molar-refractivity contribution in [3.63, 3.8) is 0 Å². The molecule has 1 unspecified atom stereocenters. The van der Waals surface area contributed by atoms with Crippen molar-refractivity contribution in [2.45, 2.75) is 56.7 Å². The van der Waals surface area contributed by atoms with Crippen molar-refractivity contribution in [2.75, 3.05) is 39.3 Å². The van der Waals surface area contributed by atoms with E-state index < -0.39 is 5.54 Å². The van der Waals surface area contributed by atoms with Crippen molar-refractivity contribution in [1.29, 1.82) is 0 Å². The van der Waals surface area contributed by atoms with E-state index in [9.17, 15) is 9.59 Å². The number of hydrogen-bond donors (Lipinski definition) is 1. The van der Waals surface area contributed by atoms with Crippen LogP contribution in [0.15, 0.2) is 60.7 Å². The summed E-state index contributed by atoms with van der Waals surface area (Å²) >= 11 is 0. The molecule has 5 rings (SSSR count). The molecule has 0 bridgehead atoms. The van der Waals surface area contributed by atoms with Crippen LogP contribution in [0.1, 0.15) is 43.2 Å². The number of carbonyl (C=O) groups is 2. The van der Waals surface area contributed by atoms with Gasteiger partial charge < -0.3 is 15.1 Å². The second-order valence-electron chi connectivity index (χ2n) is 10.4. The molecule has 1 atom stereocenters. The molecule has 186 valence electrons. The lowest BCUT2D eigenvalue weighted by atomic mass is 9.81. The van der Waals surface area contributed by atoms with Crippen molar-refractivity contribution < 1.29 is 9.59 Å².